The van der Waals surface area contributed by atoms with Crippen LogP contribution in [0.2, 0.25) is 0 Å². The van der Waals surface area contributed by atoms with E-state index in [9.17, 15) is 4.79 Å². The first kappa shape index (κ1) is 15.5. The Hall–Kier alpha value is -2.80. The first-order valence-electron chi connectivity index (χ1n) is 8.86. The molecule has 1 aromatic carbocycles. The van der Waals surface area contributed by atoms with Crippen molar-refractivity contribution >= 4 is 16.8 Å². The van der Waals surface area contributed by atoms with E-state index in [4.69, 9.17) is 4.74 Å². The third kappa shape index (κ3) is 2.39. The van der Waals surface area contributed by atoms with Crippen LogP contribution in [0.1, 0.15) is 34.1 Å². The van der Waals surface area contributed by atoms with E-state index in [2.05, 4.69) is 15.3 Å². The molecule has 0 saturated carbocycles. The summed E-state index contributed by atoms with van der Waals surface area (Å²) in [5.74, 6) is 0.0358. The summed E-state index contributed by atoms with van der Waals surface area (Å²) in [5, 5.41) is 9.11. The van der Waals surface area contributed by atoms with Crippen molar-refractivity contribution in [1.82, 2.24) is 24.9 Å². The number of rotatable bonds is 1. The number of likely N-dealkylation sites (tertiary alicyclic amines) is 1. The maximum absolute atomic E-state index is 13.3. The number of hydrogen-bond donors (Lipinski definition) is 0. The second-order valence-electron chi connectivity index (χ2n) is 7.01. The van der Waals surface area contributed by atoms with Crippen LogP contribution in [0.4, 0.5) is 0 Å². The molecular weight excluding hydrogens is 330 g/mol. The fraction of sp³-hybridized carbons (Fsp3) is 0.368. The van der Waals surface area contributed by atoms with Crippen molar-refractivity contribution in [3.63, 3.8) is 0 Å². The van der Waals surface area contributed by atoms with Crippen LogP contribution in [0, 0.1) is 6.92 Å². The number of carbonyl (C=O) groups excluding carboxylic acids is 1. The number of aryl methyl sites for hydroxylation is 1. The minimum absolute atomic E-state index is 0.0220. The number of ether oxygens (including phenoxy) is 1. The maximum atomic E-state index is 13.3. The molecule has 7 heteroatoms. The van der Waals surface area contributed by atoms with E-state index >= 15 is 0 Å². The average molecular weight is 349 g/mol. The van der Waals surface area contributed by atoms with E-state index < -0.39 is 0 Å². The van der Waals surface area contributed by atoms with Crippen molar-refractivity contribution < 1.29 is 9.53 Å². The Kier molecular flexibility index (Phi) is 3.49. The second kappa shape index (κ2) is 5.88. The summed E-state index contributed by atoms with van der Waals surface area (Å²) in [6.45, 7) is 3.82. The topological polar surface area (TPSA) is 73.1 Å². The SMILES string of the molecule is Cc1ccc2nccc(C(=O)N3CCC4OCc5cnnn5C4C3)c2c1. The van der Waals surface area contributed by atoms with Gasteiger partial charge in [0.05, 0.1) is 41.7 Å². The number of amides is 1. The Morgan fingerprint density at radius 1 is 1.31 bits per heavy atom. The fourth-order valence-electron chi connectivity index (χ4n) is 3.98. The fourth-order valence-corrected chi connectivity index (χ4v) is 3.98. The first-order chi connectivity index (χ1) is 12.7. The largest absolute Gasteiger partial charge is 0.370 e. The molecule has 0 spiro atoms. The number of fused-ring (bicyclic) bond motifs is 4. The molecule has 0 N–H and O–H groups in total. The molecule has 3 aromatic rings. The van der Waals surface area contributed by atoms with Crippen LogP contribution in [0.3, 0.4) is 0 Å². The Balaban J connectivity index is 1.48. The summed E-state index contributed by atoms with van der Waals surface area (Å²) < 4.78 is 7.86. The highest BCUT2D eigenvalue weighted by Crippen LogP contribution is 2.31. The Labute approximate surface area is 150 Å². The molecule has 0 radical (unpaired) electrons. The molecule has 0 bridgehead atoms. The van der Waals surface area contributed by atoms with Gasteiger partial charge in [0.25, 0.3) is 5.91 Å². The van der Waals surface area contributed by atoms with Crippen LogP contribution >= 0.6 is 0 Å². The molecule has 2 unspecified atom stereocenters. The molecule has 2 aliphatic heterocycles. The van der Waals surface area contributed by atoms with Gasteiger partial charge in [-0.05, 0) is 31.5 Å². The minimum Gasteiger partial charge on any atom is -0.370 e. The number of pyridine rings is 1. The van der Waals surface area contributed by atoms with Crippen LogP contribution in [-0.4, -0.2) is 50.0 Å². The smallest absolute Gasteiger partial charge is 0.254 e. The zero-order valence-electron chi connectivity index (χ0n) is 14.5. The third-order valence-corrected chi connectivity index (χ3v) is 5.34. The molecule has 4 heterocycles. The predicted octanol–water partition coefficient (Wildman–Crippen LogP) is 2.12. The van der Waals surface area contributed by atoms with Crippen LogP contribution < -0.4 is 0 Å². The maximum Gasteiger partial charge on any atom is 0.254 e. The zero-order valence-corrected chi connectivity index (χ0v) is 14.5. The van der Waals surface area contributed by atoms with Crippen LogP contribution in [0.25, 0.3) is 10.9 Å². The number of hydrogen-bond acceptors (Lipinski definition) is 5. The van der Waals surface area contributed by atoms with E-state index in [0.717, 1.165) is 28.6 Å². The predicted molar refractivity (Wildman–Crippen MR) is 94.6 cm³/mol. The first-order valence-corrected chi connectivity index (χ1v) is 8.86. The quantitative estimate of drug-likeness (QED) is 0.673. The lowest BCUT2D eigenvalue weighted by molar-refractivity contribution is -0.0604. The highest BCUT2D eigenvalue weighted by molar-refractivity contribution is 6.06. The van der Waals surface area contributed by atoms with E-state index in [0.29, 0.717) is 25.3 Å². The number of nitrogens with zero attached hydrogens (tertiary/aromatic N) is 5. The number of piperidine rings is 1. The van der Waals surface area contributed by atoms with Gasteiger partial charge in [-0.2, -0.15) is 0 Å². The Bertz CT molecular complexity index is 999. The molecule has 1 saturated heterocycles. The lowest BCUT2D eigenvalue weighted by atomic mass is 9.98. The van der Waals surface area contributed by atoms with Crippen LogP contribution in [0.15, 0.2) is 36.7 Å². The van der Waals surface area contributed by atoms with Crippen molar-refractivity contribution in [2.24, 2.45) is 0 Å². The van der Waals surface area contributed by atoms with Crippen molar-refractivity contribution in [2.45, 2.75) is 32.1 Å². The van der Waals surface area contributed by atoms with E-state index in [1.807, 2.05) is 40.8 Å². The number of aromatic nitrogens is 4. The Morgan fingerprint density at radius 2 is 2.23 bits per heavy atom. The molecule has 2 atom stereocenters. The lowest BCUT2D eigenvalue weighted by Gasteiger charge is -2.41. The van der Waals surface area contributed by atoms with Gasteiger partial charge in [-0.3, -0.25) is 9.78 Å². The minimum atomic E-state index is 0.0220. The second-order valence-corrected chi connectivity index (χ2v) is 7.01. The Morgan fingerprint density at radius 3 is 3.15 bits per heavy atom. The molecule has 5 rings (SSSR count). The van der Waals surface area contributed by atoms with Crippen molar-refractivity contribution in [3.8, 4) is 0 Å². The highest BCUT2D eigenvalue weighted by atomic mass is 16.5. The summed E-state index contributed by atoms with van der Waals surface area (Å²) in [4.78, 5) is 19.5. The van der Waals surface area contributed by atoms with Crippen LogP contribution in [-0.2, 0) is 11.3 Å². The van der Waals surface area contributed by atoms with Gasteiger partial charge in [0.15, 0.2) is 0 Å². The van der Waals surface area contributed by atoms with Crippen molar-refractivity contribution in [3.05, 3.63) is 53.5 Å². The van der Waals surface area contributed by atoms with Gasteiger partial charge >= 0.3 is 0 Å². The normalized spacial score (nSPS) is 22.1. The van der Waals surface area contributed by atoms with Gasteiger partial charge in [-0.25, -0.2) is 4.68 Å². The van der Waals surface area contributed by atoms with E-state index in [1.54, 1.807) is 12.4 Å². The van der Waals surface area contributed by atoms with Gasteiger partial charge in [-0.15, -0.1) is 5.10 Å². The standard InChI is InChI=1S/C19H19N5O2/c1-12-2-3-16-15(8-12)14(4-6-20-16)19(25)23-7-5-18-17(10-23)24-13(11-26-18)9-21-22-24/h2-4,6,8-9,17-18H,5,7,10-11H2,1H3. The lowest BCUT2D eigenvalue weighted by Crippen LogP contribution is -2.49. The summed E-state index contributed by atoms with van der Waals surface area (Å²) in [6, 6.07) is 7.84. The highest BCUT2D eigenvalue weighted by Gasteiger charge is 2.38. The summed E-state index contributed by atoms with van der Waals surface area (Å²) in [5.41, 5.74) is 3.63. The van der Waals surface area contributed by atoms with E-state index in [-0.39, 0.29) is 18.1 Å². The van der Waals surface area contributed by atoms with Gasteiger partial charge in [0, 0.05) is 24.7 Å². The molecule has 2 aliphatic rings. The molecule has 26 heavy (non-hydrogen) atoms. The molecule has 7 nitrogen and oxygen atoms in total. The molecule has 1 amide bonds. The average Bonchev–Trinajstić information content (AvgIpc) is 3.16. The molecule has 132 valence electrons. The van der Waals surface area contributed by atoms with Gasteiger partial charge in [0.2, 0.25) is 0 Å². The zero-order chi connectivity index (χ0) is 17.7. The summed E-state index contributed by atoms with van der Waals surface area (Å²) >= 11 is 0. The molecular formula is C19H19N5O2. The van der Waals surface area contributed by atoms with Crippen molar-refractivity contribution in [1.29, 1.82) is 0 Å². The molecule has 1 fully saturated rings. The number of carbonyl (C=O) groups is 1. The third-order valence-electron chi connectivity index (χ3n) is 5.34. The molecule has 0 aliphatic carbocycles. The monoisotopic (exact) mass is 349 g/mol. The van der Waals surface area contributed by atoms with Crippen LogP contribution in [0.5, 0.6) is 0 Å². The summed E-state index contributed by atoms with van der Waals surface area (Å²) in [7, 11) is 0. The number of benzene rings is 1. The summed E-state index contributed by atoms with van der Waals surface area (Å²) in [6.07, 6.45) is 4.33. The van der Waals surface area contributed by atoms with Gasteiger partial charge < -0.3 is 9.64 Å². The van der Waals surface area contributed by atoms with E-state index in [1.165, 1.54) is 0 Å². The molecule has 2 aromatic heterocycles. The van der Waals surface area contributed by atoms with Crippen molar-refractivity contribution in [2.75, 3.05) is 13.1 Å². The van der Waals surface area contributed by atoms with Gasteiger partial charge in [0.1, 0.15) is 0 Å². The van der Waals surface area contributed by atoms with Gasteiger partial charge in [-0.1, -0.05) is 16.8 Å².